The van der Waals surface area contributed by atoms with Gasteiger partial charge in [-0.3, -0.25) is 0 Å². The minimum absolute atomic E-state index is 0.108. The van der Waals surface area contributed by atoms with Gasteiger partial charge in [0.15, 0.2) is 4.98 Å². The molecule has 4 heteroatoms. The molecule has 0 atom stereocenters. The zero-order chi connectivity index (χ0) is 9.42. The molecular formula is C9H8N3O+. The van der Waals surface area contributed by atoms with Crippen LogP contribution in [0.3, 0.4) is 0 Å². The number of aromatic amines is 1. The summed E-state index contributed by atoms with van der Waals surface area (Å²) < 4.78 is 0. The summed E-state index contributed by atoms with van der Waals surface area (Å²) in [6.07, 6.45) is 0. The van der Waals surface area contributed by atoms with Gasteiger partial charge in [-0.15, -0.1) is 0 Å². The van der Waals surface area contributed by atoms with Crippen molar-refractivity contribution >= 4 is 16.6 Å². The van der Waals surface area contributed by atoms with E-state index in [0.29, 0.717) is 0 Å². The van der Waals surface area contributed by atoms with Crippen molar-refractivity contribution in [2.75, 3.05) is 0 Å². The summed E-state index contributed by atoms with van der Waals surface area (Å²) >= 11 is 0. The van der Waals surface area contributed by atoms with E-state index in [9.17, 15) is 5.11 Å². The lowest BCUT2D eigenvalue weighted by atomic mass is 10.2. The topological polar surface area (TPSA) is 64.2 Å². The van der Waals surface area contributed by atoms with Gasteiger partial charge in [0.1, 0.15) is 0 Å². The van der Waals surface area contributed by atoms with E-state index in [-0.39, 0.29) is 11.6 Å². The summed E-state index contributed by atoms with van der Waals surface area (Å²) in [7, 11) is 0. The number of aromatic hydroxyl groups is 1. The van der Waals surface area contributed by atoms with Crippen molar-refractivity contribution < 1.29 is 5.11 Å². The predicted octanol–water partition coefficient (Wildman–Crippen LogP) is 2.67. The quantitative estimate of drug-likeness (QED) is 0.603. The molecule has 0 saturated heterocycles. The van der Waals surface area contributed by atoms with Gasteiger partial charge in [0.2, 0.25) is 5.39 Å². The molecule has 1 heterocycles. The van der Waals surface area contributed by atoms with Crippen molar-refractivity contribution in [1.29, 1.82) is 5.39 Å². The van der Waals surface area contributed by atoms with Crippen LogP contribution in [0.4, 0.5) is 5.69 Å². The van der Waals surface area contributed by atoms with Crippen molar-refractivity contribution in [1.82, 2.24) is 4.98 Å². The summed E-state index contributed by atoms with van der Waals surface area (Å²) in [5.41, 5.74) is 2.01. The first kappa shape index (κ1) is 7.62. The molecule has 1 aromatic heterocycles. The number of benzene rings is 1. The number of hydrogen-bond acceptors (Lipinski definition) is 2. The third-order valence-corrected chi connectivity index (χ3v) is 2.01. The minimum Gasteiger partial charge on any atom is -0.489 e. The number of diazo groups is 1. The highest BCUT2D eigenvalue weighted by atomic mass is 16.3. The van der Waals surface area contributed by atoms with Crippen LogP contribution >= 0.6 is 0 Å². The van der Waals surface area contributed by atoms with Gasteiger partial charge in [-0.25, -0.2) is 0 Å². The molecule has 0 saturated carbocycles. The average Bonchev–Trinajstić information content (AvgIpc) is 2.40. The van der Waals surface area contributed by atoms with Gasteiger partial charge in [0, 0.05) is 0 Å². The molecule has 1 aromatic carbocycles. The van der Waals surface area contributed by atoms with Crippen LogP contribution in [0.15, 0.2) is 18.2 Å². The van der Waals surface area contributed by atoms with E-state index < -0.39 is 0 Å². The van der Waals surface area contributed by atoms with Gasteiger partial charge >= 0.3 is 5.69 Å². The van der Waals surface area contributed by atoms with Crippen LogP contribution in [0.5, 0.6) is 5.88 Å². The summed E-state index contributed by atoms with van der Waals surface area (Å²) in [5, 5.41) is 18.7. The molecule has 4 nitrogen and oxygen atoms in total. The molecule has 2 N–H and O–H groups in total. The Balaban J connectivity index is 2.91. The Hall–Kier alpha value is -2.02. The van der Waals surface area contributed by atoms with Crippen LogP contribution in [0.2, 0.25) is 0 Å². The maximum absolute atomic E-state index is 9.32. The van der Waals surface area contributed by atoms with Crippen LogP contribution in [0, 0.1) is 12.3 Å². The molecule has 0 unspecified atom stereocenters. The predicted molar refractivity (Wildman–Crippen MR) is 49.4 cm³/mol. The minimum atomic E-state index is -0.108. The number of fused-ring (bicyclic) bond motifs is 1. The van der Waals surface area contributed by atoms with Gasteiger partial charge in [-0.1, -0.05) is 11.6 Å². The number of aromatic nitrogens is 1. The number of nitrogens with zero attached hydrogens (tertiary/aromatic N) is 2. The normalized spacial score (nSPS) is 10.2. The molecular weight excluding hydrogens is 166 g/mol. The van der Waals surface area contributed by atoms with E-state index >= 15 is 0 Å². The average molecular weight is 174 g/mol. The summed E-state index contributed by atoms with van der Waals surface area (Å²) in [6.45, 7) is 1.94. The molecule has 13 heavy (non-hydrogen) atoms. The maximum Gasteiger partial charge on any atom is 0.453 e. The lowest BCUT2D eigenvalue weighted by Gasteiger charge is -1.88. The van der Waals surface area contributed by atoms with Crippen LogP contribution < -0.4 is 0 Å². The number of rotatable bonds is 0. The van der Waals surface area contributed by atoms with Gasteiger partial charge in [-0.05, 0) is 19.1 Å². The fourth-order valence-electron chi connectivity index (χ4n) is 1.38. The van der Waals surface area contributed by atoms with Crippen molar-refractivity contribution in [3.8, 4) is 5.88 Å². The number of nitrogens with one attached hydrogen (secondary N) is 1. The standard InChI is InChI=1S/C9H7N3O/c1-5-2-3-7-6(4-5)8(12-10)9(13)11-7/h2-4,10H,1H3/p+1. The summed E-state index contributed by atoms with van der Waals surface area (Å²) in [6, 6.07) is 5.60. The third kappa shape index (κ3) is 1.02. The molecule has 0 aliphatic carbocycles. The molecule has 0 aliphatic rings. The van der Waals surface area contributed by atoms with E-state index in [1.54, 1.807) is 0 Å². The molecule has 0 bridgehead atoms. The lowest BCUT2D eigenvalue weighted by molar-refractivity contribution is 0.461. The largest absolute Gasteiger partial charge is 0.489 e. The summed E-state index contributed by atoms with van der Waals surface area (Å²) in [5.74, 6) is -0.108. The smallest absolute Gasteiger partial charge is 0.453 e. The van der Waals surface area contributed by atoms with E-state index in [2.05, 4.69) is 9.96 Å². The van der Waals surface area contributed by atoms with Gasteiger partial charge in [0.25, 0.3) is 5.88 Å². The van der Waals surface area contributed by atoms with E-state index in [1.807, 2.05) is 25.1 Å². The first-order chi connectivity index (χ1) is 6.22. The Morgan fingerprint density at radius 2 is 2.23 bits per heavy atom. The molecule has 0 spiro atoms. The molecule has 64 valence electrons. The fourth-order valence-corrected chi connectivity index (χ4v) is 1.38. The van der Waals surface area contributed by atoms with Crippen LogP contribution in [-0.4, -0.2) is 10.1 Å². The Morgan fingerprint density at radius 1 is 1.46 bits per heavy atom. The van der Waals surface area contributed by atoms with Crippen LogP contribution in [0.25, 0.3) is 15.9 Å². The van der Waals surface area contributed by atoms with Crippen LogP contribution in [0.1, 0.15) is 5.56 Å². The third-order valence-electron chi connectivity index (χ3n) is 2.01. The lowest BCUT2D eigenvalue weighted by Crippen LogP contribution is -1.70. The van der Waals surface area contributed by atoms with Gasteiger partial charge < -0.3 is 10.1 Å². The Kier molecular flexibility index (Phi) is 1.46. The van der Waals surface area contributed by atoms with E-state index in [0.717, 1.165) is 16.5 Å². The molecule has 0 fully saturated rings. The zero-order valence-corrected chi connectivity index (χ0v) is 7.07. The highest BCUT2D eigenvalue weighted by molar-refractivity contribution is 5.96. The molecule has 2 rings (SSSR count). The Morgan fingerprint density at radius 3 is 2.92 bits per heavy atom. The van der Waals surface area contributed by atoms with Gasteiger partial charge in [-0.2, -0.15) is 0 Å². The monoisotopic (exact) mass is 174 g/mol. The van der Waals surface area contributed by atoms with Gasteiger partial charge in [0.05, 0.1) is 10.9 Å². The summed E-state index contributed by atoms with van der Waals surface area (Å²) in [4.78, 5) is 5.73. The Labute approximate surface area is 74.4 Å². The second-order valence-corrected chi connectivity index (χ2v) is 2.97. The van der Waals surface area contributed by atoms with E-state index in [4.69, 9.17) is 5.39 Å². The molecule has 2 aromatic rings. The van der Waals surface area contributed by atoms with Crippen molar-refractivity contribution in [3.63, 3.8) is 0 Å². The first-order valence-corrected chi connectivity index (χ1v) is 3.89. The zero-order valence-electron chi connectivity index (χ0n) is 7.07. The highest BCUT2D eigenvalue weighted by Gasteiger charge is 2.21. The molecule has 0 amide bonds. The number of H-pyrrole nitrogens is 1. The van der Waals surface area contributed by atoms with E-state index in [1.165, 1.54) is 0 Å². The molecule has 0 radical (unpaired) electrons. The number of aryl methyl sites for hydroxylation is 1. The van der Waals surface area contributed by atoms with Crippen molar-refractivity contribution in [3.05, 3.63) is 28.7 Å². The van der Waals surface area contributed by atoms with Crippen molar-refractivity contribution in [2.45, 2.75) is 6.92 Å². The highest BCUT2D eigenvalue weighted by Crippen LogP contribution is 2.35. The Bertz CT molecular complexity index is 507. The number of hydrogen-bond donors (Lipinski definition) is 2. The second-order valence-electron chi connectivity index (χ2n) is 2.97. The second kappa shape index (κ2) is 2.49. The maximum atomic E-state index is 9.32. The molecule has 0 aliphatic heterocycles. The SMILES string of the molecule is Cc1ccc2[nH]c(O)c([N+]#N)c2c1. The fraction of sp³-hybridized carbons (Fsp3) is 0.111. The van der Waals surface area contributed by atoms with Crippen molar-refractivity contribution in [2.24, 2.45) is 0 Å². The van der Waals surface area contributed by atoms with Crippen LogP contribution in [-0.2, 0) is 0 Å². The first-order valence-electron chi connectivity index (χ1n) is 3.89.